The summed E-state index contributed by atoms with van der Waals surface area (Å²) < 4.78 is 27.6. The Morgan fingerprint density at radius 1 is 0.731 bits per heavy atom. The van der Waals surface area contributed by atoms with E-state index in [1.54, 1.807) is 0 Å². The second-order valence-electron chi connectivity index (χ2n) is 7.92. The van der Waals surface area contributed by atoms with Crippen LogP contribution >= 0.6 is 7.82 Å². The molecule has 0 aliphatic heterocycles. The second kappa shape index (κ2) is 16.0. The molecule has 7 heteroatoms. The van der Waals surface area contributed by atoms with Gasteiger partial charge in [0.1, 0.15) is 13.2 Å². The lowest BCUT2D eigenvalue weighted by molar-refractivity contribution is -0.870. The summed E-state index contributed by atoms with van der Waals surface area (Å²) in [7, 11) is 1.82. The van der Waals surface area contributed by atoms with Gasteiger partial charge < -0.3 is 23.2 Å². The minimum absolute atomic E-state index is 0.158. The molecule has 0 N–H and O–H groups in total. The first-order valence-corrected chi connectivity index (χ1v) is 11.7. The molecule has 0 bridgehead atoms. The van der Waals surface area contributed by atoms with Gasteiger partial charge in [-0.05, 0) is 19.3 Å². The molecule has 1 atom stereocenters. The van der Waals surface area contributed by atoms with Gasteiger partial charge in [0.25, 0.3) is 7.82 Å². The van der Waals surface area contributed by atoms with E-state index in [1.807, 2.05) is 21.1 Å². The van der Waals surface area contributed by atoms with Gasteiger partial charge in [0.05, 0.1) is 27.7 Å². The minimum Gasteiger partial charge on any atom is -0.756 e. The molecule has 0 rings (SSSR count). The number of likely N-dealkylation sites (N-methyl/N-ethyl adjacent to an activating group) is 1. The van der Waals surface area contributed by atoms with Crippen molar-refractivity contribution in [2.75, 3.05) is 54.1 Å². The highest BCUT2D eigenvalue weighted by Crippen LogP contribution is 2.38. The Hall–Kier alpha value is 0.0300. The summed E-state index contributed by atoms with van der Waals surface area (Å²) in [5.74, 6) is 0. The Morgan fingerprint density at radius 3 is 1.73 bits per heavy atom. The maximum absolute atomic E-state index is 11.6. The first-order valence-electron chi connectivity index (χ1n) is 10.2. The van der Waals surface area contributed by atoms with Crippen LogP contribution in [-0.4, -0.2) is 58.6 Å². The van der Waals surface area contributed by atoms with Crippen LogP contribution in [0.3, 0.4) is 0 Å². The summed E-state index contributed by atoms with van der Waals surface area (Å²) in [6, 6.07) is 0. The van der Waals surface area contributed by atoms with E-state index in [-0.39, 0.29) is 13.2 Å². The van der Waals surface area contributed by atoms with E-state index in [9.17, 15) is 9.46 Å². The standard InChI is InChI=1S/C19H42NO5P/c1-5-6-7-12-16-23-17-13-10-8-9-11-14-18-24-26(21,22)25-19-15-20(2,3)4/h5-19H2,1-4H3. The normalized spacial score (nSPS) is 14.5. The molecule has 0 radical (unpaired) electrons. The van der Waals surface area contributed by atoms with E-state index in [0.29, 0.717) is 11.0 Å². The molecule has 0 aromatic carbocycles. The number of rotatable bonds is 19. The average molecular weight is 396 g/mol. The summed E-state index contributed by atoms with van der Waals surface area (Å²) in [6.45, 7) is 4.96. The number of ether oxygens (including phenoxy) is 1. The Kier molecular flexibility index (Phi) is 16.0. The van der Waals surface area contributed by atoms with Crippen molar-refractivity contribution in [1.29, 1.82) is 0 Å². The fourth-order valence-corrected chi connectivity index (χ4v) is 3.12. The molecule has 0 aliphatic carbocycles. The van der Waals surface area contributed by atoms with E-state index in [1.165, 1.54) is 32.1 Å². The largest absolute Gasteiger partial charge is 0.756 e. The molecule has 26 heavy (non-hydrogen) atoms. The molecule has 0 aromatic heterocycles. The fourth-order valence-electron chi connectivity index (χ4n) is 2.39. The fraction of sp³-hybridized carbons (Fsp3) is 1.00. The number of phosphoric acid groups is 1. The monoisotopic (exact) mass is 395 g/mol. The lowest BCUT2D eigenvalue weighted by Gasteiger charge is -2.27. The predicted octanol–water partition coefficient (Wildman–Crippen LogP) is 4.13. The Bertz CT molecular complexity index is 360. The predicted molar refractivity (Wildman–Crippen MR) is 105 cm³/mol. The number of hydrogen-bond acceptors (Lipinski definition) is 5. The van der Waals surface area contributed by atoms with E-state index < -0.39 is 7.82 Å². The van der Waals surface area contributed by atoms with Crippen LogP contribution in [-0.2, 0) is 18.3 Å². The van der Waals surface area contributed by atoms with Gasteiger partial charge in [0, 0.05) is 13.2 Å². The number of hydrogen-bond donors (Lipinski definition) is 0. The van der Waals surface area contributed by atoms with Crippen LogP contribution in [0.25, 0.3) is 0 Å². The van der Waals surface area contributed by atoms with Gasteiger partial charge in [-0.1, -0.05) is 51.9 Å². The lowest BCUT2D eigenvalue weighted by atomic mass is 10.1. The van der Waals surface area contributed by atoms with Crippen molar-refractivity contribution in [2.24, 2.45) is 0 Å². The lowest BCUT2D eigenvalue weighted by Crippen LogP contribution is -2.37. The molecule has 0 spiro atoms. The summed E-state index contributed by atoms with van der Waals surface area (Å²) in [4.78, 5) is 11.6. The van der Waals surface area contributed by atoms with Crippen LogP contribution in [0.15, 0.2) is 0 Å². The third-order valence-electron chi connectivity index (χ3n) is 4.09. The van der Waals surface area contributed by atoms with Crippen LogP contribution in [0.2, 0.25) is 0 Å². The minimum atomic E-state index is -4.14. The third kappa shape index (κ3) is 20.3. The zero-order chi connectivity index (χ0) is 19.7. The Labute approximate surface area is 161 Å². The molecule has 0 fully saturated rings. The van der Waals surface area contributed by atoms with Crippen LogP contribution < -0.4 is 4.89 Å². The van der Waals surface area contributed by atoms with Crippen molar-refractivity contribution < 1.29 is 27.7 Å². The molecule has 0 aromatic rings. The zero-order valence-corrected chi connectivity index (χ0v) is 18.4. The first kappa shape index (κ1) is 26.0. The van der Waals surface area contributed by atoms with E-state index >= 15 is 0 Å². The van der Waals surface area contributed by atoms with Gasteiger partial charge in [-0.2, -0.15) is 0 Å². The van der Waals surface area contributed by atoms with Gasteiger partial charge >= 0.3 is 0 Å². The van der Waals surface area contributed by atoms with Crippen LogP contribution in [0.1, 0.15) is 71.1 Å². The van der Waals surface area contributed by atoms with E-state index in [0.717, 1.165) is 45.3 Å². The zero-order valence-electron chi connectivity index (χ0n) is 17.5. The van der Waals surface area contributed by atoms with Crippen LogP contribution in [0, 0.1) is 0 Å². The number of quaternary nitrogens is 1. The summed E-state index contributed by atoms with van der Waals surface area (Å²) in [6.07, 6.45) is 11.3. The molecule has 0 aliphatic rings. The topological polar surface area (TPSA) is 67.8 Å². The summed E-state index contributed by atoms with van der Waals surface area (Å²) >= 11 is 0. The highest BCUT2D eigenvalue weighted by molar-refractivity contribution is 7.45. The quantitative estimate of drug-likeness (QED) is 0.187. The van der Waals surface area contributed by atoms with E-state index in [2.05, 4.69) is 6.92 Å². The van der Waals surface area contributed by atoms with Gasteiger partial charge in [-0.25, -0.2) is 0 Å². The third-order valence-corrected chi connectivity index (χ3v) is 5.08. The van der Waals surface area contributed by atoms with Gasteiger partial charge in [0.15, 0.2) is 0 Å². The summed E-state index contributed by atoms with van der Waals surface area (Å²) in [5.41, 5.74) is 0. The highest BCUT2D eigenvalue weighted by atomic mass is 31.2. The average Bonchev–Trinajstić information content (AvgIpc) is 2.53. The molecule has 1 unspecified atom stereocenters. The molecule has 0 amide bonds. The molecule has 0 heterocycles. The van der Waals surface area contributed by atoms with Crippen molar-refractivity contribution in [3.63, 3.8) is 0 Å². The van der Waals surface area contributed by atoms with E-state index in [4.69, 9.17) is 13.8 Å². The molecule has 0 saturated carbocycles. The second-order valence-corrected chi connectivity index (χ2v) is 9.33. The Balaban J connectivity index is 3.33. The molecule has 0 saturated heterocycles. The molecular formula is C19H42NO5P. The maximum Gasteiger partial charge on any atom is 0.268 e. The first-order chi connectivity index (χ1) is 12.3. The van der Waals surface area contributed by atoms with Crippen molar-refractivity contribution >= 4 is 7.82 Å². The Morgan fingerprint density at radius 2 is 1.19 bits per heavy atom. The highest BCUT2D eigenvalue weighted by Gasteiger charge is 2.12. The number of unbranched alkanes of at least 4 members (excludes halogenated alkanes) is 8. The molecular weight excluding hydrogens is 353 g/mol. The number of phosphoric ester groups is 1. The SMILES string of the molecule is CCCCCCOCCCCCCCCOP(=O)([O-])OCC[N+](C)(C)C. The van der Waals surface area contributed by atoms with Gasteiger partial charge in [-0.3, -0.25) is 4.57 Å². The van der Waals surface area contributed by atoms with Gasteiger partial charge in [0.2, 0.25) is 0 Å². The van der Waals surface area contributed by atoms with Crippen molar-refractivity contribution in [3.05, 3.63) is 0 Å². The van der Waals surface area contributed by atoms with Crippen LogP contribution in [0.4, 0.5) is 0 Å². The summed E-state index contributed by atoms with van der Waals surface area (Å²) in [5, 5.41) is 0. The molecule has 158 valence electrons. The van der Waals surface area contributed by atoms with Gasteiger partial charge in [-0.15, -0.1) is 0 Å². The molecule has 6 nitrogen and oxygen atoms in total. The number of nitrogens with zero attached hydrogens (tertiary/aromatic N) is 1. The van der Waals surface area contributed by atoms with Crippen molar-refractivity contribution in [1.82, 2.24) is 0 Å². The smallest absolute Gasteiger partial charge is 0.268 e. The van der Waals surface area contributed by atoms with Crippen molar-refractivity contribution in [2.45, 2.75) is 71.1 Å². The van der Waals surface area contributed by atoms with Crippen molar-refractivity contribution in [3.8, 4) is 0 Å². The maximum atomic E-state index is 11.6. The van der Waals surface area contributed by atoms with Crippen LogP contribution in [0.5, 0.6) is 0 Å².